The zero-order valence-corrected chi connectivity index (χ0v) is 12.2. The van der Waals surface area contributed by atoms with Crippen LogP contribution in [0.25, 0.3) is 10.6 Å². The third-order valence-corrected chi connectivity index (χ3v) is 3.96. The molecule has 1 N–H and O–H groups in total. The van der Waals surface area contributed by atoms with Gasteiger partial charge in [-0.25, -0.2) is 4.98 Å². The van der Waals surface area contributed by atoms with E-state index in [4.69, 9.17) is 4.42 Å². The third kappa shape index (κ3) is 3.21. The molecule has 0 unspecified atom stereocenters. The van der Waals surface area contributed by atoms with E-state index in [2.05, 4.69) is 44.1 Å². The molecule has 0 saturated heterocycles. The fourth-order valence-electron chi connectivity index (χ4n) is 1.67. The van der Waals surface area contributed by atoms with Gasteiger partial charge in [-0.1, -0.05) is 13.8 Å². The van der Waals surface area contributed by atoms with Gasteiger partial charge in [0.1, 0.15) is 0 Å². The van der Waals surface area contributed by atoms with Crippen LogP contribution in [0.3, 0.4) is 0 Å². The Morgan fingerprint density at radius 2 is 2.17 bits per heavy atom. The van der Waals surface area contributed by atoms with E-state index in [1.807, 2.05) is 6.20 Å². The molecule has 0 aliphatic carbocycles. The second-order valence-corrected chi connectivity index (χ2v) is 6.25. The fraction of sp³-hybridized carbons (Fsp3) is 0.500. The first-order valence-corrected chi connectivity index (χ1v) is 7.10. The minimum Gasteiger partial charge on any atom is -0.438 e. The van der Waals surface area contributed by atoms with E-state index in [-0.39, 0.29) is 0 Å². The molecular weight excluding hydrogens is 244 g/mol. The Morgan fingerprint density at radius 3 is 2.78 bits per heavy atom. The standard InChI is InChI=1S/C14H20N2OS/c1-9(2)6-15-8-14-16-7-12(17-14)13-5-10(3)11(4)18-13/h5,7,9,15H,6,8H2,1-4H3. The van der Waals surface area contributed by atoms with Gasteiger partial charge in [0.15, 0.2) is 5.76 Å². The van der Waals surface area contributed by atoms with Crippen molar-refractivity contribution in [2.45, 2.75) is 34.2 Å². The molecule has 0 saturated carbocycles. The summed E-state index contributed by atoms with van der Waals surface area (Å²) >= 11 is 1.76. The molecule has 0 bridgehead atoms. The van der Waals surface area contributed by atoms with Gasteiger partial charge in [0.25, 0.3) is 0 Å². The lowest BCUT2D eigenvalue weighted by Gasteiger charge is -2.04. The summed E-state index contributed by atoms with van der Waals surface area (Å²) in [4.78, 5) is 6.80. The van der Waals surface area contributed by atoms with Crippen LogP contribution >= 0.6 is 11.3 Å². The normalized spacial score (nSPS) is 11.4. The number of oxazole rings is 1. The zero-order chi connectivity index (χ0) is 13.1. The lowest BCUT2D eigenvalue weighted by molar-refractivity contribution is 0.459. The molecule has 0 fully saturated rings. The second kappa shape index (κ2) is 5.67. The van der Waals surface area contributed by atoms with Crippen molar-refractivity contribution in [3.05, 3.63) is 28.6 Å². The molecule has 0 amide bonds. The van der Waals surface area contributed by atoms with E-state index in [0.29, 0.717) is 12.5 Å². The van der Waals surface area contributed by atoms with Gasteiger partial charge in [0.05, 0.1) is 17.6 Å². The van der Waals surface area contributed by atoms with Gasteiger partial charge in [-0.15, -0.1) is 11.3 Å². The molecule has 2 rings (SSSR count). The molecule has 2 aromatic rings. The van der Waals surface area contributed by atoms with Crippen molar-refractivity contribution in [3.8, 4) is 10.6 Å². The maximum atomic E-state index is 5.76. The van der Waals surface area contributed by atoms with E-state index in [1.54, 1.807) is 11.3 Å². The molecule has 0 atom stereocenters. The number of rotatable bonds is 5. The van der Waals surface area contributed by atoms with Gasteiger partial charge in [0.2, 0.25) is 5.89 Å². The van der Waals surface area contributed by atoms with Crippen molar-refractivity contribution in [2.24, 2.45) is 5.92 Å². The van der Waals surface area contributed by atoms with Crippen molar-refractivity contribution in [1.82, 2.24) is 10.3 Å². The number of hydrogen-bond acceptors (Lipinski definition) is 4. The first-order chi connectivity index (χ1) is 8.56. The van der Waals surface area contributed by atoms with Crippen LogP contribution in [0, 0.1) is 19.8 Å². The Morgan fingerprint density at radius 1 is 1.39 bits per heavy atom. The van der Waals surface area contributed by atoms with Gasteiger partial charge in [-0.05, 0) is 37.9 Å². The topological polar surface area (TPSA) is 38.1 Å². The van der Waals surface area contributed by atoms with E-state index in [9.17, 15) is 0 Å². The first kappa shape index (κ1) is 13.3. The highest BCUT2D eigenvalue weighted by atomic mass is 32.1. The molecule has 0 aromatic carbocycles. The second-order valence-electron chi connectivity index (χ2n) is 4.99. The maximum absolute atomic E-state index is 5.76. The summed E-state index contributed by atoms with van der Waals surface area (Å²) in [6, 6.07) is 2.16. The highest BCUT2D eigenvalue weighted by Crippen LogP contribution is 2.30. The molecule has 3 nitrogen and oxygen atoms in total. The van der Waals surface area contributed by atoms with Crippen molar-refractivity contribution in [2.75, 3.05) is 6.54 Å². The van der Waals surface area contributed by atoms with Gasteiger partial charge < -0.3 is 9.73 Å². The summed E-state index contributed by atoms with van der Waals surface area (Å²) in [6.07, 6.45) is 1.82. The number of nitrogens with zero attached hydrogens (tertiary/aromatic N) is 1. The van der Waals surface area contributed by atoms with Crippen molar-refractivity contribution in [3.63, 3.8) is 0 Å². The SMILES string of the molecule is Cc1cc(-c2cnc(CNCC(C)C)o2)sc1C. The summed E-state index contributed by atoms with van der Waals surface area (Å²) in [6.45, 7) is 10.3. The van der Waals surface area contributed by atoms with Crippen molar-refractivity contribution >= 4 is 11.3 Å². The van der Waals surface area contributed by atoms with E-state index < -0.39 is 0 Å². The van der Waals surface area contributed by atoms with Crippen LogP contribution in [0.4, 0.5) is 0 Å². The summed E-state index contributed by atoms with van der Waals surface area (Å²) in [5.41, 5.74) is 1.31. The number of nitrogens with one attached hydrogen (secondary N) is 1. The Balaban J connectivity index is 2.01. The average Bonchev–Trinajstić information content (AvgIpc) is 2.87. The first-order valence-electron chi connectivity index (χ1n) is 6.29. The minimum absolute atomic E-state index is 0.641. The molecular formula is C14H20N2OS. The summed E-state index contributed by atoms with van der Waals surface area (Å²) in [5.74, 6) is 2.27. The molecule has 0 aliphatic rings. The highest BCUT2D eigenvalue weighted by Gasteiger charge is 2.10. The third-order valence-electron chi connectivity index (χ3n) is 2.79. The number of thiophene rings is 1. The van der Waals surface area contributed by atoms with Crippen LogP contribution in [0.2, 0.25) is 0 Å². The Kier molecular flexibility index (Phi) is 4.19. The van der Waals surface area contributed by atoms with Crippen molar-refractivity contribution in [1.29, 1.82) is 0 Å². The van der Waals surface area contributed by atoms with Crippen LogP contribution in [0.1, 0.15) is 30.2 Å². The number of hydrogen-bond donors (Lipinski definition) is 1. The lowest BCUT2D eigenvalue weighted by Crippen LogP contribution is -2.18. The molecule has 0 aliphatic heterocycles. The lowest BCUT2D eigenvalue weighted by atomic mass is 10.2. The van der Waals surface area contributed by atoms with Gasteiger partial charge in [-0.2, -0.15) is 0 Å². The fourth-order valence-corrected chi connectivity index (χ4v) is 2.65. The molecule has 2 aromatic heterocycles. The van der Waals surface area contributed by atoms with Crippen LogP contribution in [-0.4, -0.2) is 11.5 Å². The smallest absolute Gasteiger partial charge is 0.208 e. The van der Waals surface area contributed by atoms with E-state index in [1.165, 1.54) is 10.4 Å². The van der Waals surface area contributed by atoms with E-state index in [0.717, 1.165) is 23.1 Å². The minimum atomic E-state index is 0.641. The van der Waals surface area contributed by atoms with Gasteiger partial charge in [-0.3, -0.25) is 0 Å². The quantitative estimate of drug-likeness (QED) is 0.893. The predicted molar refractivity (Wildman–Crippen MR) is 75.8 cm³/mol. The summed E-state index contributed by atoms with van der Waals surface area (Å²) < 4.78 is 5.76. The molecule has 2 heterocycles. The molecule has 18 heavy (non-hydrogen) atoms. The average molecular weight is 264 g/mol. The predicted octanol–water partition coefficient (Wildman–Crippen LogP) is 3.77. The summed E-state index contributed by atoms with van der Waals surface area (Å²) in [5, 5.41) is 3.33. The zero-order valence-electron chi connectivity index (χ0n) is 11.4. The monoisotopic (exact) mass is 264 g/mol. The van der Waals surface area contributed by atoms with Gasteiger partial charge in [0, 0.05) is 4.88 Å². The van der Waals surface area contributed by atoms with Gasteiger partial charge >= 0.3 is 0 Å². The van der Waals surface area contributed by atoms with Crippen LogP contribution < -0.4 is 5.32 Å². The largest absolute Gasteiger partial charge is 0.438 e. The highest BCUT2D eigenvalue weighted by molar-refractivity contribution is 7.15. The molecule has 0 spiro atoms. The molecule has 4 heteroatoms. The summed E-state index contributed by atoms with van der Waals surface area (Å²) in [7, 11) is 0. The molecule has 98 valence electrons. The van der Waals surface area contributed by atoms with Crippen LogP contribution in [0.15, 0.2) is 16.7 Å². The Bertz CT molecular complexity index is 494. The molecule has 0 radical (unpaired) electrons. The Hall–Kier alpha value is -1.13. The maximum Gasteiger partial charge on any atom is 0.208 e. The van der Waals surface area contributed by atoms with Crippen molar-refractivity contribution < 1.29 is 4.42 Å². The number of aryl methyl sites for hydroxylation is 2. The number of aromatic nitrogens is 1. The van der Waals surface area contributed by atoms with Crippen LogP contribution in [0.5, 0.6) is 0 Å². The Labute approximate surface area is 112 Å². The van der Waals surface area contributed by atoms with Crippen LogP contribution in [-0.2, 0) is 6.54 Å². The van der Waals surface area contributed by atoms with E-state index >= 15 is 0 Å².